The number of nitrogen functional groups attached to an aromatic ring is 1. The van der Waals surface area contributed by atoms with E-state index in [2.05, 4.69) is 5.32 Å². The van der Waals surface area contributed by atoms with Crippen LogP contribution in [0.4, 0.5) is 5.69 Å². The molecule has 8 heteroatoms. The number of amides is 2. The Hall–Kier alpha value is -3.39. The lowest BCUT2D eigenvalue weighted by Gasteiger charge is -2.12. The van der Waals surface area contributed by atoms with Crippen molar-refractivity contribution in [3.05, 3.63) is 59.7 Å². The van der Waals surface area contributed by atoms with Gasteiger partial charge in [-0.15, -0.1) is 0 Å². The Balaban J connectivity index is 2.22. The molecule has 0 saturated heterocycles. The molecule has 2 rings (SSSR count). The number of hydrazine groups is 1. The zero-order valence-corrected chi connectivity index (χ0v) is 12.5. The number of anilines is 1. The van der Waals surface area contributed by atoms with Gasteiger partial charge in [0.05, 0.1) is 5.56 Å². The molecule has 0 aromatic heterocycles. The normalized spacial score (nSPS) is 9.88. The van der Waals surface area contributed by atoms with E-state index in [0.717, 1.165) is 5.56 Å². The zero-order chi connectivity index (χ0) is 17.5. The van der Waals surface area contributed by atoms with Gasteiger partial charge < -0.3 is 15.2 Å². The molecule has 2 aromatic carbocycles. The van der Waals surface area contributed by atoms with E-state index in [0.29, 0.717) is 0 Å². The molecule has 2 amide bonds. The van der Waals surface area contributed by atoms with Crippen molar-refractivity contribution in [1.29, 1.82) is 0 Å². The van der Waals surface area contributed by atoms with E-state index in [1.807, 2.05) is 35.8 Å². The number of ether oxygens (including phenoxy) is 1. The highest BCUT2D eigenvalue weighted by atomic mass is 16.5. The number of rotatable bonds is 5. The molecule has 0 aliphatic carbocycles. The van der Waals surface area contributed by atoms with E-state index in [9.17, 15) is 14.4 Å². The smallest absolute Gasteiger partial charge is 0.394 e. The molecule has 0 spiro atoms. The van der Waals surface area contributed by atoms with Gasteiger partial charge in [0.15, 0.2) is 0 Å². The third-order valence-electron chi connectivity index (χ3n) is 3.04. The first-order chi connectivity index (χ1) is 11.5. The number of carbonyl (C=O) groups is 3. The van der Waals surface area contributed by atoms with Crippen LogP contribution in [-0.2, 0) is 16.2 Å². The summed E-state index contributed by atoms with van der Waals surface area (Å²) in [7, 11) is 0. The van der Waals surface area contributed by atoms with Gasteiger partial charge >= 0.3 is 11.9 Å². The Kier molecular flexibility index (Phi) is 5.48. The Morgan fingerprint density at radius 1 is 1.08 bits per heavy atom. The van der Waals surface area contributed by atoms with Gasteiger partial charge in [-0.1, -0.05) is 30.3 Å². The van der Waals surface area contributed by atoms with Gasteiger partial charge in [0.1, 0.15) is 12.4 Å². The van der Waals surface area contributed by atoms with Gasteiger partial charge in [0.2, 0.25) is 0 Å². The molecule has 124 valence electrons. The molecule has 5 N–H and O–H groups in total. The van der Waals surface area contributed by atoms with Crippen LogP contribution in [-0.4, -0.2) is 22.9 Å². The summed E-state index contributed by atoms with van der Waals surface area (Å²) in [5.41, 5.74) is 3.08. The van der Waals surface area contributed by atoms with E-state index < -0.39 is 17.8 Å². The van der Waals surface area contributed by atoms with Crippen LogP contribution in [0.5, 0.6) is 5.75 Å². The monoisotopic (exact) mass is 329 g/mol. The van der Waals surface area contributed by atoms with Crippen LogP contribution in [0.15, 0.2) is 48.5 Å². The molecule has 0 fully saturated rings. The maximum Gasteiger partial charge on any atom is 0.394 e. The van der Waals surface area contributed by atoms with Crippen LogP contribution in [0.25, 0.3) is 0 Å². The molecule has 2 aromatic rings. The van der Waals surface area contributed by atoms with Gasteiger partial charge in [-0.25, -0.2) is 10.6 Å². The summed E-state index contributed by atoms with van der Waals surface area (Å²) in [6.45, 7) is 0.229. The maximum absolute atomic E-state index is 11.9. The summed E-state index contributed by atoms with van der Waals surface area (Å²) in [4.78, 5) is 33.6. The van der Waals surface area contributed by atoms with Crippen LogP contribution >= 0.6 is 0 Å². The van der Waals surface area contributed by atoms with Crippen LogP contribution in [0.2, 0.25) is 0 Å². The number of nitrogens with one attached hydrogen (secondary N) is 2. The molecule has 24 heavy (non-hydrogen) atoms. The summed E-state index contributed by atoms with van der Waals surface area (Å²) in [5, 5.41) is 10.7. The lowest BCUT2D eigenvalue weighted by Crippen LogP contribution is -2.30. The van der Waals surface area contributed by atoms with Crippen LogP contribution < -0.4 is 21.3 Å². The molecular weight excluding hydrogens is 314 g/mol. The maximum atomic E-state index is 11.9. The number of carbonyl (C=O) groups excluding carboxylic acids is 2. The first kappa shape index (κ1) is 17.0. The minimum Gasteiger partial charge on any atom is -0.488 e. The SMILES string of the molecule is NNC(=O)c1cc(NC(=O)C(=O)O)ccc1OCc1ccccc1. The largest absolute Gasteiger partial charge is 0.488 e. The molecule has 0 aliphatic rings. The van der Waals surface area contributed by atoms with Crippen LogP contribution in [0, 0.1) is 0 Å². The number of hydrogen-bond acceptors (Lipinski definition) is 5. The summed E-state index contributed by atoms with van der Waals surface area (Å²) in [6.07, 6.45) is 0. The first-order valence-electron chi connectivity index (χ1n) is 6.87. The van der Waals surface area contributed by atoms with Gasteiger partial charge in [-0.2, -0.15) is 0 Å². The van der Waals surface area contributed by atoms with E-state index in [1.54, 1.807) is 0 Å². The molecule has 0 heterocycles. The van der Waals surface area contributed by atoms with Crippen molar-refractivity contribution in [3.8, 4) is 5.75 Å². The summed E-state index contributed by atoms with van der Waals surface area (Å²) < 4.78 is 5.61. The van der Waals surface area contributed by atoms with Crippen molar-refractivity contribution in [2.24, 2.45) is 5.84 Å². The van der Waals surface area contributed by atoms with Crippen molar-refractivity contribution in [3.63, 3.8) is 0 Å². The number of aliphatic carboxylic acids is 1. The second-order valence-corrected chi connectivity index (χ2v) is 4.72. The number of carboxylic acids is 1. The average Bonchev–Trinajstić information content (AvgIpc) is 2.60. The Labute approximate surface area is 137 Å². The first-order valence-corrected chi connectivity index (χ1v) is 6.87. The lowest BCUT2D eigenvalue weighted by atomic mass is 10.1. The summed E-state index contributed by atoms with van der Waals surface area (Å²) in [6, 6.07) is 13.5. The van der Waals surface area contributed by atoms with Crippen molar-refractivity contribution < 1.29 is 24.2 Å². The third-order valence-corrected chi connectivity index (χ3v) is 3.04. The lowest BCUT2D eigenvalue weighted by molar-refractivity contribution is -0.147. The molecule has 0 atom stereocenters. The van der Waals surface area contributed by atoms with Crippen LogP contribution in [0.1, 0.15) is 15.9 Å². The summed E-state index contributed by atoms with van der Waals surface area (Å²) in [5.74, 6) is 1.90. The van der Waals surface area contributed by atoms with Gasteiger partial charge in [-0.05, 0) is 23.8 Å². The quantitative estimate of drug-likeness (QED) is 0.279. The van der Waals surface area contributed by atoms with E-state index in [4.69, 9.17) is 15.7 Å². The van der Waals surface area contributed by atoms with Crippen LogP contribution in [0.3, 0.4) is 0 Å². The number of carboxylic acid groups (broad SMARTS) is 1. The second-order valence-electron chi connectivity index (χ2n) is 4.72. The van der Waals surface area contributed by atoms with E-state index in [1.165, 1.54) is 18.2 Å². The highest BCUT2D eigenvalue weighted by Crippen LogP contribution is 2.24. The third kappa shape index (κ3) is 4.31. The zero-order valence-electron chi connectivity index (χ0n) is 12.5. The predicted molar refractivity (Wildman–Crippen MR) is 85.1 cm³/mol. The molecule has 8 nitrogen and oxygen atoms in total. The van der Waals surface area contributed by atoms with Crippen molar-refractivity contribution >= 4 is 23.5 Å². The topological polar surface area (TPSA) is 131 Å². The minimum absolute atomic E-state index is 0.0663. The summed E-state index contributed by atoms with van der Waals surface area (Å²) >= 11 is 0. The highest BCUT2D eigenvalue weighted by Gasteiger charge is 2.16. The predicted octanol–water partition coefficient (Wildman–Crippen LogP) is 0.892. The van der Waals surface area contributed by atoms with Crippen molar-refractivity contribution in [2.45, 2.75) is 6.61 Å². The van der Waals surface area contributed by atoms with E-state index >= 15 is 0 Å². The fraction of sp³-hybridized carbons (Fsp3) is 0.0625. The Morgan fingerprint density at radius 2 is 1.79 bits per heavy atom. The fourth-order valence-electron chi connectivity index (χ4n) is 1.91. The van der Waals surface area contributed by atoms with Gasteiger partial charge in [0, 0.05) is 5.69 Å². The van der Waals surface area contributed by atoms with Gasteiger partial charge in [0.25, 0.3) is 5.91 Å². The standard InChI is InChI=1S/C16H15N3O5/c17-19-14(20)12-8-11(18-15(21)16(22)23)6-7-13(12)24-9-10-4-2-1-3-5-10/h1-8H,9,17H2,(H,18,21)(H,19,20)(H,22,23). The van der Waals surface area contributed by atoms with Crippen molar-refractivity contribution in [2.75, 3.05) is 5.32 Å². The van der Waals surface area contributed by atoms with Gasteiger partial charge in [-0.3, -0.25) is 15.0 Å². The average molecular weight is 329 g/mol. The molecule has 0 radical (unpaired) electrons. The number of benzene rings is 2. The molecular formula is C16H15N3O5. The fourth-order valence-corrected chi connectivity index (χ4v) is 1.91. The molecule has 0 bridgehead atoms. The Bertz CT molecular complexity index is 762. The molecule has 0 saturated carbocycles. The second kappa shape index (κ2) is 7.75. The highest BCUT2D eigenvalue weighted by molar-refractivity contribution is 6.36. The minimum atomic E-state index is -1.63. The van der Waals surface area contributed by atoms with Crippen molar-refractivity contribution in [1.82, 2.24) is 5.43 Å². The molecule has 0 unspecified atom stereocenters. The van der Waals surface area contributed by atoms with E-state index in [-0.39, 0.29) is 23.6 Å². The number of hydrogen-bond donors (Lipinski definition) is 4. The molecule has 0 aliphatic heterocycles. The Morgan fingerprint density at radius 3 is 2.42 bits per heavy atom. The number of nitrogens with two attached hydrogens (primary N) is 1.